The van der Waals surface area contributed by atoms with Crippen molar-refractivity contribution in [2.75, 3.05) is 0 Å². The van der Waals surface area contributed by atoms with E-state index in [1.807, 2.05) is 0 Å². The van der Waals surface area contributed by atoms with Crippen molar-refractivity contribution in [3.8, 4) is 44.5 Å². The molecule has 0 fully saturated rings. The molecule has 2 nitrogen and oxygen atoms in total. The quantitative estimate of drug-likeness (QED) is 0.168. The molecule has 2 heteroatoms. The Hall–Kier alpha value is -7.42. The molecule has 260 valence electrons. The second-order valence-electron chi connectivity index (χ2n) is 12.3. The standard InChI is InChI=1S/C54H32O2/c1-2-10-38-31-39(26-21-33(38)9-1)34-17-22-36(23-18-34)51-41-11-3-5-13-43(41)52(44-14-6-4-12-42(44)51)37-24-19-35(20-25-37)40-27-28-46-50(32-40)56-49-30-29-48-53(54(46)49)45-15-7-8-16-47(45)55-48/h1-32H/i1D,2D,3D,4D,5D,6D,7D,8D,9D,10D,11D,12D,13D,14D,15D,16D,17D,18D,19D,20D,21D,22D,23D,24D,25D,26D,27D,28D,29D,30D,31D,32D. The molecule has 0 aliphatic rings. The monoisotopic (exact) mass is 744 g/mol. The van der Waals surface area contributed by atoms with Crippen molar-refractivity contribution in [1.82, 2.24) is 0 Å². The Morgan fingerprint density at radius 2 is 0.679 bits per heavy atom. The number of hydrogen-bond acceptors (Lipinski definition) is 2. The fourth-order valence-electron chi connectivity index (χ4n) is 6.78. The van der Waals surface area contributed by atoms with Gasteiger partial charge in [-0.05, 0) is 113 Å². The molecule has 0 N–H and O–H groups in total. The molecule has 0 amide bonds. The van der Waals surface area contributed by atoms with Gasteiger partial charge in [0, 0.05) is 21.5 Å². The summed E-state index contributed by atoms with van der Waals surface area (Å²) in [5.74, 6) is 0. The Kier molecular flexibility index (Phi) is 2.82. The minimum atomic E-state index is -1.14. The van der Waals surface area contributed by atoms with Crippen LogP contribution in [0.4, 0.5) is 0 Å². The van der Waals surface area contributed by atoms with Gasteiger partial charge in [-0.3, -0.25) is 0 Å². The lowest BCUT2D eigenvalue weighted by Crippen LogP contribution is -1.91. The lowest BCUT2D eigenvalue weighted by atomic mass is 9.85. The number of rotatable bonds is 4. The summed E-state index contributed by atoms with van der Waals surface area (Å²) < 4.78 is 302. The fraction of sp³-hybridized carbons (Fsp3) is 0. The molecule has 12 rings (SSSR count). The Morgan fingerprint density at radius 1 is 0.268 bits per heavy atom. The van der Waals surface area contributed by atoms with Gasteiger partial charge in [0.15, 0.2) is 0 Å². The first-order chi connectivity index (χ1) is 41.1. The number of benzene rings is 10. The second kappa shape index (κ2) is 12.0. The minimum Gasteiger partial charge on any atom is -0.456 e. The highest BCUT2D eigenvalue weighted by molar-refractivity contribution is 6.26. The summed E-state index contributed by atoms with van der Waals surface area (Å²) in [6, 6.07) is -30.3. The lowest BCUT2D eigenvalue weighted by molar-refractivity contribution is 0.663. The molecule has 56 heavy (non-hydrogen) atoms. The van der Waals surface area contributed by atoms with E-state index in [4.69, 9.17) is 32.1 Å². The largest absolute Gasteiger partial charge is 0.456 e. The van der Waals surface area contributed by atoms with Crippen LogP contribution in [0.25, 0.3) is 121 Å². The van der Waals surface area contributed by atoms with Crippen molar-refractivity contribution in [2.24, 2.45) is 0 Å². The maximum atomic E-state index is 9.68. The van der Waals surface area contributed by atoms with Crippen molar-refractivity contribution in [3.63, 3.8) is 0 Å². The fourth-order valence-corrected chi connectivity index (χ4v) is 6.78. The summed E-state index contributed by atoms with van der Waals surface area (Å²) >= 11 is 0. The summed E-state index contributed by atoms with van der Waals surface area (Å²) in [6.07, 6.45) is 0. The first-order valence-electron chi connectivity index (χ1n) is 32.6. The Bertz CT molecular complexity index is 5270. The van der Waals surface area contributed by atoms with Gasteiger partial charge in [0.1, 0.15) is 22.3 Å². The zero-order valence-corrected chi connectivity index (χ0v) is 27.8. The van der Waals surface area contributed by atoms with E-state index in [0.717, 1.165) is 0 Å². The molecule has 0 bridgehead atoms. The van der Waals surface area contributed by atoms with Crippen molar-refractivity contribution < 1.29 is 52.7 Å². The van der Waals surface area contributed by atoms with E-state index in [2.05, 4.69) is 0 Å². The molecule has 0 unspecified atom stereocenters. The van der Waals surface area contributed by atoms with Crippen molar-refractivity contribution >= 4 is 76.2 Å². The summed E-state index contributed by atoms with van der Waals surface area (Å²) in [5, 5.41) is -5.67. The predicted octanol–water partition coefficient (Wildman–Crippen LogP) is 15.6. The maximum Gasteiger partial charge on any atom is 0.136 e. The molecule has 0 aliphatic heterocycles. The van der Waals surface area contributed by atoms with Gasteiger partial charge >= 0.3 is 0 Å². The van der Waals surface area contributed by atoms with Gasteiger partial charge in [-0.15, -0.1) is 0 Å². The molecule has 10 aromatic carbocycles. The zero-order valence-electron chi connectivity index (χ0n) is 59.8. The van der Waals surface area contributed by atoms with Gasteiger partial charge in [0.05, 0.1) is 43.9 Å². The van der Waals surface area contributed by atoms with Crippen LogP contribution in [0.2, 0.25) is 0 Å². The molecular formula is C54H32O2. The normalized spacial score (nSPS) is 19.9. The zero-order chi connectivity index (χ0) is 64.6. The summed E-state index contributed by atoms with van der Waals surface area (Å²) in [5.41, 5.74) is -8.79. The summed E-state index contributed by atoms with van der Waals surface area (Å²) in [6.45, 7) is 0. The van der Waals surface area contributed by atoms with Gasteiger partial charge in [0.2, 0.25) is 0 Å². The molecule has 0 saturated heterocycles. The highest BCUT2D eigenvalue weighted by Gasteiger charge is 2.19. The highest BCUT2D eigenvalue weighted by atomic mass is 16.3. The van der Waals surface area contributed by atoms with Crippen LogP contribution < -0.4 is 0 Å². The second-order valence-corrected chi connectivity index (χ2v) is 12.3. The molecule has 0 saturated carbocycles. The topological polar surface area (TPSA) is 26.3 Å². The van der Waals surface area contributed by atoms with Crippen LogP contribution in [0, 0.1) is 0 Å². The number of fused-ring (bicyclic) bond motifs is 10. The third-order valence-corrected chi connectivity index (χ3v) is 9.21. The third-order valence-electron chi connectivity index (χ3n) is 9.21. The molecule has 2 aromatic heterocycles. The molecule has 0 atom stereocenters. The van der Waals surface area contributed by atoms with Crippen molar-refractivity contribution in [1.29, 1.82) is 0 Å². The van der Waals surface area contributed by atoms with Crippen LogP contribution in [0.15, 0.2) is 202 Å². The summed E-state index contributed by atoms with van der Waals surface area (Å²) in [4.78, 5) is 0. The Balaban J connectivity index is 1.19. The lowest BCUT2D eigenvalue weighted by Gasteiger charge is -2.18. The van der Waals surface area contributed by atoms with E-state index in [1.165, 1.54) is 0 Å². The van der Waals surface area contributed by atoms with Gasteiger partial charge in [-0.1, -0.05) is 157 Å². The van der Waals surface area contributed by atoms with Crippen LogP contribution in [0.1, 0.15) is 43.9 Å². The molecule has 0 aliphatic carbocycles. The van der Waals surface area contributed by atoms with E-state index in [1.54, 1.807) is 0 Å². The molecular weight excluding hydrogens is 681 g/mol. The van der Waals surface area contributed by atoms with E-state index >= 15 is 0 Å². The first-order valence-corrected chi connectivity index (χ1v) is 16.6. The van der Waals surface area contributed by atoms with Crippen LogP contribution >= 0.6 is 0 Å². The summed E-state index contributed by atoms with van der Waals surface area (Å²) in [7, 11) is 0. The Morgan fingerprint density at radius 3 is 1.27 bits per heavy atom. The van der Waals surface area contributed by atoms with Crippen LogP contribution in [0.5, 0.6) is 0 Å². The highest BCUT2D eigenvalue weighted by Crippen LogP contribution is 2.45. The minimum absolute atomic E-state index is 0.237. The molecule has 12 aromatic rings. The number of hydrogen-bond donors (Lipinski definition) is 0. The number of furan rings is 2. The van der Waals surface area contributed by atoms with Gasteiger partial charge in [-0.25, -0.2) is 0 Å². The maximum absolute atomic E-state index is 9.68. The van der Waals surface area contributed by atoms with Crippen LogP contribution in [0.3, 0.4) is 0 Å². The predicted molar refractivity (Wildman–Crippen MR) is 235 cm³/mol. The Labute approximate surface area is 367 Å². The van der Waals surface area contributed by atoms with E-state index in [9.17, 15) is 20.6 Å². The SMILES string of the molecule is [2H]c1c([2H])c(-c2c3c([2H])c([2H])c([2H])c([2H])c3c(-c3c([2H])c([2H])c(-c4c([2H])c([2H])c5c([2H])c([2H])c([2H])c([2H])c5c4[2H])c([2H])c3[2H])c3c([2H])c([2H])c([2H])c([2H])c23)c([2H])c([2H])c1-c1c([2H])c([2H])c2c(oc3c([2H])c([2H])c4oc5c([2H])c([2H])c([2H])c([2H])c5c4c32)c1[2H]. The van der Waals surface area contributed by atoms with E-state index in [0.29, 0.717) is 0 Å². The van der Waals surface area contributed by atoms with E-state index in [-0.39, 0.29) is 16.2 Å². The van der Waals surface area contributed by atoms with Crippen LogP contribution in [-0.4, -0.2) is 0 Å². The third kappa shape index (κ3) is 4.69. The smallest absolute Gasteiger partial charge is 0.136 e. The van der Waals surface area contributed by atoms with Crippen molar-refractivity contribution in [3.05, 3.63) is 193 Å². The van der Waals surface area contributed by atoms with Gasteiger partial charge < -0.3 is 8.83 Å². The van der Waals surface area contributed by atoms with Gasteiger partial charge in [0.25, 0.3) is 0 Å². The average Bonchev–Trinajstić information content (AvgIpc) is 1.08. The molecule has 2 heterocycles. The van der Waals surface area contributed by atoms with E-state index < -0.39 is 298 Å². The first kappa shape index (κ1) is 13.1. The molecule has 0 radical (unpaired) electrons. The molecule has 0 spiro atoms. The number of para-hydroxylation sites is 1. The van der Waals surface area contributed by atoms with Crippen molar-refractivity contribution in [2.45, 2.75) is 0 Å². The van der Waals surface area contributed by atoms with Gasteiger partial charge in [-0.2, -0.15) is 0 Å². The van der Waals surface area contributed by atoms with Crippen LogP contribution in [-0.2, 0) is 0 Å². The average molecular weight is 745 g/mol.